The lowest BCUT2D eigenvalue weighted by atomic mass is 10.1. The maximum atomic E-state index is 9.11. The minimum Gasteiger partial charge on any atom is -0.480 e. The second-order valence-electron chi connectivity index (χ2n) is 2.47. The van der Waals surface area contributed by atoms with E-state index in [4.69, 9.17) is 9.52 Å². The zero-order chi connectivity index (χ0) is 7.72. The lowest BCUT2D eigenvalue weighted by Crippen LogP contribution is -1.81. The van der Waals surface area contributed by atoms with Crippen molar-refractivity contribution in [3.63, 3.8) is 0 Å². The molecule has 10 heavy (non-hydrogen) atoms. The minimum atomic E-state index is 0.0156. The van der Waals surface area contributed by atoms with Gasteiger partial charge < -0.3 is 9.52 Å². The van der Waals surface area contributed by atoms with Crippen LogP contribution < -0.4 is 0 Å². The van der Waals surface area contributed by atoms with Gasteiger partial charge in [0.05, 0.1) is 0 Å². The fraction of sp³-hybridized carbons (Fsp3) is 0.429. The fourth-order valence-electron chi connectivity index (χ4n) is 0.778. The first-order chi connectivity index (χ1) is 4.61. The molecule has 3 heteroatoms. The summed E-state index contributed by atoms with van der Waals surface area (Å²) in [6.07, 6.45) is 0. The standard InChI is InChI=1S/C7H9BrO2/c1-4(2)5-3-6(8)10-7(5)9/h3-4,9H,1-2H3. The van der Waals surface area contributed by atoms with Crippen molar-refractivity contribution >= 4 is 15.9 Å². The van der Waals surface area contributed by atoms with E-state index >= 15 is 0 Å². The number of rotatable bonds is 1. The van der Waals surface area contributed by atoms with Gasteiger partial charge >= 0.3 is 0 Å². The molecule has 0 aliphatic rings. The van der Waals surface area contributed by atoms with Crippen molar-refractivity contribution in [3.05, 3.63) is 16.3 Å². The highest BCUT2D eigenvalue weighted by molar-refractivity contribution is 9.10. The number of hydrogen-bond donors (Lipinski definition) is 1. The topological polar surface area (TPSA) is 33.4 Å². The first-order valence-electron chi connectivity index (χ1n) is 3.09. The third kappa shape index (κ3) is 1.34. The van der Waals surface area contributed by atoms with Crippen molar-refractivity contribution < 1.29 is 9.52 Å². The van der Waals surface area contributed by atoms with Crippen LogP contribution in [0.5, 0.6) is 5.95 Å². The molecule has 0 aliphatic carbocycles. The lowest BCUT2D eigenvalue weighted by Gasteiger charge is -1.97. The van der Waals surface area contributed by atoms with Crippen LogP contribution in [-0.2, 0) is 0 Å². The highest BCUT2D eigenvalue weighted by atomic mass is 79.9. The Labute approximate surface area is 68.0 Å². The summed E-state index contributed by atoms with van der Waals surface area (Å²) in [6.45, 7) is 3.99. The summed E-state index contributed by atoms with van der Waals surface area (Å²) in [7, 11) is 0. The Morgan fingerprint density at radius 2 is 2.20 bits per heavy atom. The molecular formula is C7H9BrO2. The first-order valence-corrected chi connectivity index (χ1v) is 3.88. The third-order valence-corrected chi connectivity index (χ3v) is 1.72. The van der Waals surface area contributed by atoms with Crippen molar-refractivity contribution in [3.8, 4) is 5.95 Å². The number of hydrogen-bond acceptors (Lipinski definition) is 2. The molecule has 0 saturated heterocycles. The molecule has 0 bridgehead atoms. The van der Waals surface area contributed by atoms with Crippen molar-refractivity contribution in [2.45, 2.75) is 19.8 Å². The molecule has 1 rings (SSSR count). The average Bonchev–Trinajstić information content (AvgIpc) is 2.10. The molecule has 1 heterocycles. The van der Waals surface area contributed by atoms with Gasteiger partial charge in [-0.05, 0) is 27.9 Å². The van der Waals surface area contributed by atoms with Crippen LogP contribution in [-0.4, -0.2) is 5.11 Å². The Morgan fingerprint density at radius 1 is 1.60 bits per heavy atom. The summed E-state index contributed by atoms with van der Waals surface area (Å²) >= 11 is 3.12. The minimum absolute atomic E-state index is 0.0156. The molecule has 0 unspecified atom stereocenters. The lowest BCUT2D eigenvalue weighted by molar-refractivity contribution is 0.319. The van der Waals surface area contributed by atoms with Crippen molar-refractivity contribution in [1.29, 1.82) is 0 Å². The molecule has 1 aromatic heterocycles. The van der Waals surface area contributed by atoms with E-state index in [1.165, 1.54) is 0 Å². The van der Waals surface area contributed by atoms with Crippen molar-refractivity contribution in [2.75, 3.05) is 0 Å². The molecule has 56 valence electrons. The van der Waals surface area contributed by atoms with Gasteiger partial charge in [0, 0.05) is 5.56 Å². The van der Waals surface area contributed by atoms with Crippen LogP contribution in [0.3, 0.4) is 0 Å². The number of aromatic hydroxyl groups is 1. The quantitative estimate of drug-likeness (QED) is 0.764. The van der Waals surface area contributed by atoms with Gasteiger partial charge in [0.2, 0.25) is 0 Å². The Balaban J connectivity index is 3.03. The normalized spacial score (nSPS) is 10.8. The van der Waals surface area contributed by atoms with E-state index in [0.29, 0.717) is 10.6 Å². The van der Waals surface area contributed by atoms with E-state index in [1.807, 2.05) is 13.8 Å². The monoisotopic (exact) mass is 204 g/mol. The predicted octanol–water partition coefficient (Wildman–Crippen LogP) is 2.87. The maximum Gasteiger partial charge on any atom is 0.286 e. The molecule has 0 aromatic carbocycles. The Kier molecular flexibility index (Phi) is 2.04. The van der Waals surface area contributed by atoms with E-state index < -0.39 is 0 Å². The van der Waals surface area contributed by atoms with Gasteiger partial charge in [-0.3, -0.25) is 0 Å². The average molecular weight is 205 g/mol. The maximum absolute atomic E-state index is 9.11. The van der Waals surface area contributed by atoms with Crippen molar-refractivity contribution in [2.24, 2.45) is 0 Å². The summed E-state index contributed by atoms with van der Waals surface area (Å²) in [5, 5.41) is 9.11. The van der Waals surface area contributed by atoms with Crippen LogP contribution in [0.25, 0.3) is 0 Å². The molecule has 0 radical (unpaired) electrons. The summed E-state index contributed by atoms with van der Waals surface area (Å²) < 4.78 is 5.43. The Morgan fingerprint density at radius 3 is 2.40 bits per heavy atom. The van der Waals surface area contributed by atoms with Crippen LogP contribution in [0.2, 0.25) is 0 Å². The van der Waals surface area contributed by atoms with E-state index in [0.717, 1.165) is 5.56 Å². The van der Waals surface area contributed by atoms with Gasteiger partial charge in [-0.25, -0.2) is 0 Å². The largest absolute Gasteiger partial charge is 0.480 e. The molecule has 1 aromatic rings. The van der Waals surface area contributed by atoms with Crippen LogP contribution in [0.1, 0.15) is 25.3 Å². The van der Waals surface area contributed by atoms with E-state index in [-0.39, 0.29) is 5.95 Å². The van der Waals surface area contributed by atoms with Gasteiger partial charge in [-0.2, -0.15) is 0 Å². The van der Waals surface area contributed by atoms with Gasteiger partial charge in [-0.15, -0.1) is 0 Å². The molecular weight excluding hydrogens is 196 g/mol. The molecule has 0 spiro atoms. The summed E-state index contributed by atoms with van der Waals surface area (Å²) in [6, 6.07) is 1.78. The summed E-state index contributed by atoms with van der Waals surface area (Å²) in [5.74, 6) is 0.317. The van der Waals surface area contributed by atoms with Gasteiger partial charge in [-0.1, -0.05) is 13.8 Å². The van der Waals surface area contributed by atoms with Crippen LogP contribution in [0.15, 0.2) is 15.2 Å². The molecule has 0 amide bonds. The third-order valence-electron chi connectivity index (χ3n) is 1.33. The predicted molar refractivity (Wildman–Crippen MR) is 42.2 cm³/mol. The second kappa shape index (κ2) is 2.66. The highest BCUT2D eigenvalue weighted by Crippen LogP contribution is 2.31. The smallest absolute Gasteiger partial charge is 0.286 e. The van der Waals surface area contributed by atoms with Crippen LogP contribution in [0, 0.1) is 0 Å². The second-order valence-corrected chi connectivity index (χ2v) is 3.25. The van der Waals surface area contributed by atoms with Crippen molar-refractivity contribution in [1.82, 2.24) is 0 Å². The number of halogens is 1. The SMILES string of the molecule is CC(C)c1cc(Br)oc1O. The number of furan rings is 1. The van der Waals surface area contributed by atoms with Gasteiger partial charge in [0.25, 0.3) is 5.95 Å². The molecule has 0 aliphatic heterocycles. The van der Waals surface area contributed by atoms with E-state index in [9.17, 15) is 0 Å². The van der Waals surface area contributed by atoms with Gasteiger partial charge in [0.15, 0.2) is 4.67 Å². The zero-order valence-corrected chi connectivity index (χ0v) is 7.47. The molecule has 1 N–H and O–H groups in total. The Hall–Kier alpha value is -0.440. The molecule has 0 fully saturated rings. The molecule has 2 nitrogen and oxygen atoms in total. The van der Waals surface area contributed by atoms with Gasteiger partial charge in [0.1, 0.15) is 0 Å². The Bertz CT molecular complexity index is 228. The van der Waals surface area contributed by atoms with Crippen LogP contribution in [0.4, 0.5) is 0 Å². The molecule has 0 atom stereocenters. The van der Waals surface area contributed by atoms with Crippen LogP contribution >= 0.6 is 15.9 Å². The first kappa shape index (κ1) is 7.66. The molecule has 0 saturated carbocycles. The summed E-state index contributed by atoms with van der Waals surface area (Å²) in [5.41, 5.74) is 0.840. The van der Waals surface area contributed by atoms with E-state index in [1.54, 1.807) is 6.07 Å². The fourth-order valence-corrected chi connectivity index (χ4v) is 1.18. The van der Waals surface area contributed by atoms with E-state index in [2.05, 4.69) is 15.9 Å². The summed E-state index contributed by atoms with van der Waals surface area (Å²) in [4.78, 5) is 0. The zero-order valence-electron chi connectivity index (χ0n) is 5.89. The highest BCUT2D eigenvalue weighted by Gasteiger charge is 2.10.